The lowest BCUT2D eigenvalue weighted by Gasteiger charge is -2.40. The van der Waals surface area contributed by atoms with E-state index in [0.717, 1.165) is 29.1 Å². The van der Waals surface area contributed by atoms with Gasteiger partial charge in [-0.2, -0.15) is 0 Å². The van der Waals surface area contributed by atoms with Crippen molar-refractivity contribution in [3.63, 3.8) is 0 Å². The number of aliphatic hydroxyl groups excluding tert-OH is 4. The van der Waals surface area contributed by atoms with E-state index in [0.29, 0.717) is 30.1 Å². The van der Waals surface area contributed by atoms with E-state index in [1.165, 1.54) is 0 Å². The summed E-state index contributed by atoms with van der Waals surface area (Å²) in [5, 5.41) is 43.8. The Balaban J connectivity index is 1.62. The molecule has 0 radical (unpaired) electrons. The zero-order valence-corrected chi connectivity index (χ0v) is 20.2. The molecule has 8 heteroatoms. The van der Waals surface area contributed by atoms with Crippen molar-refractivity contribution < 1.29 is 34.6 Å². The minimum Gasteiger partial charge on any atom is -0.490 e. The molecule has 0 aliphatic carbocycles. The van der Waals surface area contributed by atoms with E-state index in [9.17, 15) is 20.4 Å². The van der Waals surface area contributed by atoms with Crippen molar-refractivity contribution in [2.45, 2.75) is 43.9 Å². The van der Waals surface area contributed by atoms with Crippen LogP contribution in [-0.2, 0) is 15.9 Å². The normalized spacial score (nSPS) is 26.4. The van der Waals surface area contributed by atoms with Crippen molar-refractivity contribution in [2.75, 3.05) is 19.8 Å². The second-order valence-corrected chi connectivity index (χ2v) is 8.96. The number of benzene rings is 2. The van der Waals surface area contributed by atoms with Crippen LogP contribution < -0.4 is 10.1 Å². The fraction of sp³-hybridized carbons (Fsp3) is 0.357. The molecule has 0 spiro atoms. The van der Waals surface area contributed by atoms with Crippen molar-refractivity contribution in [3.8, 4) is 11.5 Å². The number of allylic oxidation sites excluding steroid dienone is 4. The van der Waals surface area contributed by atoms with Gasteiger partial charge in [0.15, 0.2) is 0 Å². The summed E-state index contributed by atoms with van der Waals surface area (Å²) in [6.07, 6.45) is -1.97. The summed E-state index contributed by atoms with van der Waals surface area (Å²) in [5.74, 6) is 2.04. The van der Waals surface area contributed by atoms with Crippen LogP contribution >= 0.6 is 0 Å². The maximum Gasteiger partial charge on any atom is 0.137 e. The molecule has 0 unspecified atom stereocenters. The molecule has 2 aliphatic rings. The van der Waals surface area contributed by atoms with Crippen molar-refractivity contribution in [2.24, 2.45) is 0 Å². The molecule has 5 N–H and O–H groups in total. The molecule has 2 aromatic rings. The van der Waals surface area contributed by atoms with Crippen LogP contribution in [0.3, 0.4) is 0 Å². The quantitative estimate of drug-likeness (QED) is 0.355. The van der Waals surface area contributed by atoms with Gasteiger partial charge in [-0.15, -0.1) is 0 Å². The summed E-state index contributed by atoms with van der Waals surface area (Å²) in [6.45, 7) is 7.02. The predicted molar refractivity (Wildman–Crippen MR) is 134 cm³/mol. The second-order valence-electron chi connectivity index (χ2n) is 8.96. The van der Waals surface area contributed by atoms with Gasteiger partial charge >= 0.3 is 0 Å². The van der Waals surface area contributed by atoms with Gasteiger partial charge in [0.05, 0.1) is 12.3 Å². The Kier molecular flexibility index (Phi) is 8.45. The molecule has 1 saturated heterocycles. The molecule has 8 nitrogen and oxygen atoms in total. The van der Waals surface area contributed by atoms with Crippen LogP contribution in [0, 0.1) is 0 Å². The van der Waals surface area contributed by atoms with E-state index in [4.69, 9.17) is 14.2 Å². The first-order valence-corrected chi connectivity index (χ1v) is 12.0. The highest BCUT2D eigenvalue weighted by molar-refractivity contribution is 5.45. The summed E-state index contributed by atoms with van der Waals surface area (Å²) in [4.78, 5) is 0. The highest BCUT2D eigenvalue weighted by atomic mass is 16.5. The standard InChI is InChI=1S/C28H33NO7/c1-17(8-10-22-18(2)29-12-13-34-22)14-20-15-19(9-11-23(20)35-21-6-4-3-5-7-21)28-27(33)26(32)25(31)24(16-30)36-28/h3-11,15,24-33H,1,12-14,16H2,2H3/b10-8-/t24-,25-,26+,27-,28+/m1/s1. The van der Waals surface area contributed by atoms with Gasteiger partial charge < -0.3 is 40.0 Å². The summed E-state index contributed by atoms with van der Waals surface area (Å²) < 4.78 is 17.6. The van der Waals surface area contributed by atoms with Gasteiger partial charge in [-0.3, -0.25) is 0 Å². The molecular weight excluding hydrogens is 462 g/mol. The molecule has 5 atom stereocenters. The highest BCUT2D eigenvalue weighted by Crippen LogP contribution is 2.36. The summed E-state index contributed by atoms with van der Waals surface area (Å²) in [6, 6.07) is 14.7. The molecule has 36 heavy (non-hydrogen) atoms. The molecule has 1 fully saturated rings. The van der Waals surface area contributed by atoms with Gasteiger partial charge in [-0.1, -0.05) is 42.5 Å². The van der Waals surface area contributed by atoms with E-state index in [1.54, 1.807) is 12.1 Å². The number of hydrogen-bond acceptors (Lipinski definition) is 8. The van der Waals surface area contributed by atoms with E-state index < -0.39 is 37.1 Å². The number of ether oxygens (including phenoxy) is 3. The van der Waals surface area contributed by atoms with Crippen molar-refractivity contribution in [1.29, 1.82) is 0 Å². The number of nitrogens with one attached hydrogen (secondary N) is 1. The molecular formula is C28H33NO7. The smallest absolute Gasteiger partial charge is 0.137 e. The minimum absolute atomic E-state index is 0.434. The molecule has 0 amide bonds. The lowest BCUT2D eigenvalue weighted by Crippen LogP contribution is -2.55. The molecule has 0 saturated carbocycles. The molecule has 2 heterocycles. The van der Waals surface area contributed by atoms with Crippen LogP contribution in [0.15, 0.2) is 84.3 Å². The third kappa shape index (κ3) is 5.98. The average Bonchev–Trinajstić information content (AvgIpc) is 2.89. The van der Waals surface area contributed by atoms with Gasteiger partial charge in [0, 0.05) is 13.0 Å². The lowest BCUT2D eigenvalue weighted by molar-refractivity contribution is -0.231. The van der Waals surface area contributed by atoms with E-state index in [2.05, 4.69) is 11.9 Å². The molecule has 4 rings (SSSR count). The first-order chi connectivity index (χ1) is 17.4. The molecule has 2 aliphatic heterocycles. The Morgan fingerprint density at radius 3 is 2.61 bits per heavy atom. The number of para-hydroxylation sites is 1. The van der Waals surface area contributed by atoms with Gasteiger partial charge in [0.1, 0.15) is 54.4 Å². The van der Waals surface area contributed by atoms with Crippen LogP contribution in [0.4, 0.5) is 0 Å². The summed E-state index contributed by atoms with van der Waals surface area (Å²) >= 11 is 0. The minimum atomic E-state index is -1.46. The zero-order valence-electron chi connectivity index (χ0n) is 20.2. The van der Waals surface area contributed by atoms with Crippen LogP contribution in [0.2, 0.25) is 0 Å². The largest absolute Gasteiger partial charge is 0.490 e. The first-order valence-electron chi connectivity index (χ1n) is 12.0. The number of rotatable bonds is 8. The van der Waals surface area contributed by atoms with Crippen LogP contribution in [0.1, 0.15) is 24.2 Å². The number of aliphatic hydroxyl groups is 4. The third-order valence-electron chi connectivity index (χ3n) is 6.28. The van der Waals surface area contributed by atoms with Gasteiger partial charge in [0.2, 0.25) is 0 Å². The molecule has 2 aromatic carbocycles. The Hall–Kier alpha value is -3.14. The summed E-state index contributed by atoms with van der Waals surface area (Å²) in [5.41, 5.74) is 3.13. The van der Waals surface area contributed by atoms with E-state index in [1.807, 2.05) is 55.5 Å². The van der Waals surface area contributed by atoms with Crippen molar-refractivity contribution in [3.05, 3.63) is 95.4 Å². The van der Waals surface area contributed by atoms with E-state index in [-0.39, 0.29) is 0 Å². The van der Waals surface area contributed by atoms with Gasteiger partial charge in [-0.25, -0.2) is 0 Å². The maximum atomic E-state index is 10.6. The summed E-state index contributed by atoms with van der Waals surface area (Å²) in [7, 11) is 0. The fourth-order valence-corrected chi connectivity index (χ4v) is 4.27. The Morgan fingerprint density at radius 2 is 1.89 bits per heavy atom. The SMILES string of the molecule is C=C(/C=C\C1=C(C)NCCO1)Cc1cc([C@@H]2O[C@H](CO)[C@@H](O)[C@H](O)[C@H]2O)ccc1Oc1ccccc1. The lowest BCUT2D eigenvalue weighted by atomic mass is 9.90. The molecule has 192 valence electrons. The maximum absolute atomic E-state index is 10.6. The third-order valence-corrected chi connectivity index (χ3v) is 6.28. The van der Waals surface area contributed by atoms with Crippen LogP contribution in [-0.4, -0.2) is 64.6 Å². The van der Waals surface area contributed by atoms with Crippen LogP contribution in [0.25, 0.3) is 0 Å². The van der Waals surface area contributed by atoms with Gasteiger partial charge in [-0.05, 0) is 48.4 Å². The topological polar surface area (TPSA) is 121 Å². The van der Waals surface area contributed by atoms with Gasteiger partial charge in [0.25, 0.3) is 0 Å². The van der Waals surface area contributed by atoms with Crippen molar-refractivity contribution >= 4 is 0 Å². The molecule has 0 bridgehead atoms. The van der Waals surface area contributed by atoms with Crippen LogP contribution in [0.5, 0.6) is 11.5 Å². The fourth-order valence-electron chi connectivity index (χ4n) is 4.27. The average molecular weight is 496 g/mol. The molecule has 0 aromatic heterocycles. The first kappa shape index (κ1) is 25.9. The van der Waals surface area contributed by atoms with E-state index >= 15 is 0 Å². The zero-order chi connectivity index (χ0) is 25.7. The van der Waals surface area contributed by atoms with Crippen molar-refractivity contribution in [1.82, 2.24) is 5.32 Å². The predicted octanol–water partition coefficient (Wildman–Crippen LogP) is 2.50. The highest BCUT2D eigenvalue weighted by Gasteiger charge is 2.44. The Labute approximate surface area is 210 Å². The Morgan fingerprint density at radius 1 is 1.11 bits per heavy atom. The Bertz CT molecular complexity index is 1110. The monoisotopic (exact) mass is 495 g/mol. The second kappa shape index (κ2) is 11.7. The number of hydrogen-bond donors (Lipinski definition) is 5.